The van der Waals surface area contributed by atoms with Crippen LogP contribution in [0, 0.1) is 0 Å². The van der Waals surface area contributed by atoms with Crippen molar-refractivity contribution >= 4 is 11.8 Å². The molecule has 0 radical (unpaired) electrons. The summed E-state index contributed by atoms with van der Waals surface area (Å²) in [5, 5.41) is 444. The van der Waals surface area contributed by atoms with E-state index in [2.05, 4.69) is 10.6 Å². The molecule has 13 fully saturated rings. The monoisotopic (exact) mass is 2210 g/mol. The maximum atomic E-state index is 13.3. The lowest BCUT2D eigenvalue weighted by Crippen LogP contribution is -2.70. The summed E-state index contributed by atoms with van der Waals surface area (Å²) in [4.78, 5) is 25.6. The molecule has 0 saturated carbocycles. The number of aliphatic hydroxyl groups is 39. The first-order valence-corrected chi connectivity index (χ1v) is 47.7. The minimum atomic E-state index is -2.82. The molecule has 0 aliphatic carbocycles. The smallest absolute Gasteiger partial charge is 0.217 e. The number of aliphatic hydroxyl groups excluding tert-OH is 39. The second-order valence-electron chi connectivity index (χ2n) is 38.0. The van der Waals surface area contributed by atoms with Crippen LogP contribution in [0.1, 0.15) is 13.8 Å². The van der Waals surface area contributed by atoms with E-state index in [1.807, 2.05) is 0 Å². The predicted molar refractivity (Wildman–Crippen MR) is 451 cm³/mol. The molecule has 68 heteroatoms. The topological polar surface area (TPSA) is 1080 Å². The molecule has 0 spiro atoms. The highest BCUT2D eigenvalue weighted by molar-refractivity contribution is 5.73. The van der Waals surface area contributed by atoms with E-state index in [4.69, 9.17) is 118 Å². The number of hydrogen-bond donors (Lipinski definition) is 41. The fourth-order valence-corrected chi connectivity index (χ4v) is 19.3. The van der Waals surface area contributed by atoms with Crippen molar-refractivity contribution in [1.82, 2.24) is 10.6 Å². The lowest BCUT2D eigenvalue weighted by molar-refractivity contribution is -0.414. The zero-order chi connectivity index (χ0) is 110. The van der Waals surface area contributed by atoms with Crippen LogP contribution in [0.3, 0.4) is 0 Å². The van der Waals surface area contributed by atoms with Gasteiger partial charge in [-0.3, -0.25) is 9.59 Å². The first-order valence-electron chi connectivity index (χ1n) is 47.7. The Morgan fingerprint density at radius 3 is 0.687 bits per heavy atom. The van der Waals surface area contributed by atoms with Crippen molar-refractivity contribution in [2.45, 2.75) is 413 Å². The highest BCUT2D eigenvalue weighted by Crippen LogP contribution is 2.44. The van der Waals surface area contributed by atoms with Gasteiger partial charge < -0.3 is 328 Å². The van der Waals surface area contributed by atoms with Gasteiger partial charge in [0.25, 0.3) is 0 Å². The maximum absolute atomic E-state index is 13.3. The summed E-state index contributed by atoms with van der Waals surface area (Å²) in [6.07, 6.45) is -143. The van der Waals surface area contributed by atoms with Crippen LogP contribution in [-0.4, -0.2) is 696 Å². The van der Waals surface area contributed by atoms with Crippen molar-refractivity contribution < 1.29 is 327 Å². The summed E-state index contributed by atoms with van der Waals surface area (Å²) in [7, 11) is 0. The fraction of sp³-hybridized carbons (Fsp3) is 0.976. The molecule has 13 saturated heterocycles. The summed E-state index contributed by atoms with van der Waals surface area (Å²) in [6.45, 7) is -13.5. The van der Waals surface area contributed by atoms with E-state index in [1.54, 1.807) is 0 Å². The molecule has 2 amide bonds. The number of ether oxygens (including phenoxy) is 25. The molecule has 13 aliphatic rings. The normalized spacial score (nSPS) is 52.1. The van der Waals surface area contributed by atoms with Crippen molar-refractivity contribution in [3.05, 3.63) is 0 Å². The van der Waals surface area contributed by atoms with E-state index in [-0.39, 0.29) is 0 Å². The fourth-order valence-electron chi connectivity index (χ4n) is 19.3. The van der Waals surface area contributed by atoms with E-state index >= 15 is 0 Å². The van der Waals surface area contributed by atoms with Gasteiger partial charge in [-0.25, -0.2) is 0 Å². The zero-order valence-electron chi connectivity index (χ0n) is 79.2. The summed E-state index contributed by atoms with van der Waals surface area (Å²) in [5.41, 5.74) is 0. The molecular formula is C82H138N2O66. The molecule has 68 nitrogen and oxygen atoms in total. The lowest BCUT2D eigenvalue weighted by atomic mass is 9.94. The van der Waals surface area contributed by atoms with Crippen molar-refractivity contribution in [2.24, 2.45) is 0 Å². The van der Waals surface area contributed by atoms with Crippen LogP contribution in [0.15, 0.2) is 0 Å². The summed E-state index contributed by atoms with van der Waals surface area (Å²) < 4.78 is 147. The SMILES string of the molecule is CC(=O)N[C@H]1[C@H](O[C@H]2[C@H](O)[C@@H](NC(C)=O)C(O)O[C@@H]2CO)O[C@H](CO)[C@@H](O[C@@H]2O[C@H](CO[C@H]3O[C@H](CO[C@H]4O[C@H](CO)[C@@H](O)[C@H](O)[C@@H]4O)[C@@H](O)[C@H](O[C@H]4O[C@H](CO)[C@@H](O)[C@H](O)[C@@H]4O)[C@@H]3O)[C@@H](O)[C@H](O[C@H]3O[C@H](CO[C@H]4O[C@H](CO)[C@@H](O)[C@H](O)[C@@H]4O)[C@@H](O)[C@H](O)[C@@H]3O[C@H]3O[C@H](CO)[C@@H](O)[C@H](O)[C@@H]3O[C@H]3O[C@H](CO)[C@@H](O)[C@H](O[C@H]4O[C@H](CO)[C@@H](O)[C@H](O[C@H]5O[C@H](CO)[C@@H](O)[C@H](O)[C@H]5O[C@H]5O[C@H](CO)[C@@H](O)[C@H](O)[C@H]5O)[C@H]4O)[C@@H]3O)[C@@H]2O)[C@@H]1O. The Kier molecular flexibility index (Phi) is 44.2. The van der Waals surface area contributed by atoms with Gasteiger partial charge in [-0.1, -0.05) is 0 Å². The zero-order valence-corrected chi connectivity index (χ0v) is 79.2. The van der Waals surface area contributed by atoms with E-state index in [0.717, 1.165) is 13.8 Å². The van der Waals surface area contributed by atoms with E-state index in [1.165, 1.54) is 0 Å². The summed E-state index contributed by atoms with van der Waals surface area (Å²) in [5.74, 6) is -1.89. The molecule has 0 aromatic carbocycles. The molecule has 41 N–H and O–H groups in total. The van der Waals surface area contributed by atoms with Gasteiger partial charge in [0.05, 0.1) is 85.9 Å². The number of carbonyl (C=O) groups excluding carboxylic acids is 2. The van der Waals surface area contributed by atoms with Crippen LogP contribution in [0.5, 0.6) is 0 Å². The van der Waals surface area contributed by atoms with Gasteiger partial charge in [-0.2, -0.15) is 0 Å². The third-order valence-corrected chi connectivity index (χ3v) is 28.0. The molecule has 872 valence electrons. The van der Waals surface area contributed by atoms with Gasteiger partial charge in [0.15, 0.2) is 81.8 Å². The number of hydrogen-bond acceptors (Lipinski definition) is 66. The van der Waals surface area contributed by atoms with Crippen molar-refractivity contribution in [3.8, 4) is 0 Å². The molecule has 13 rings (SSSR count). The van der Waals surface area contributed by atoms with Crippen LogP contribution < -0.4 is 10.6 Å². The Labute approximate surface area is 845 Å². The predicted octanol–water partition coefficient (Wildman–Crippen LogP) is -29.0. The molecule has 13 heterocycles. The Hall–Kier alpha value is -3.62. The van der Waals surface area contributed by atoms with Gasteiger partial charge in [0.1, 0.15) is 317 Å². The third-order valence-electron chi connectivity index (χ3n) is 28.0. The maximum Gasteiger partial charge on any atom is 0.217 e. The highest BCUT2D eigenvalue weighted by Gasteiger charge is 2.64. The average Bonchev–Trinajstić information content (AvgIpc) is 0.760. The van der Waals surface area contributed by atoms with Crippen LogP contribution in [0.25, 0.3) is 0 Å². The largest absolute Gasteiger partial charge is 0.394 e. The van der Waals surface area contributed by atoms with Crippen molar-refractivity contribution in [1.29, 1.82) is 0 Å². The molecule has 0 aromatic heterocycles. The molecule has 0 bridgehead atoms. The minimum absolute atomic E-state index is 0.851. The lowest BCUT2D eigenvalue weighted by Gasteiger charge is -2.51. The number of amides is 2. The number of nitrogens with one attached hydrogen (secondary N) is 2. The van der Waals surface area contributed by atoms with Crippen LogP contribution >= 0.6 is 0 Å². The van der Waals surface area contributed by atoms with E-state index in [0.29, 0.717) is 0 Å². The molecular weight excluding hydrogens is 2070 g/mol. The second kappa shape index (κ2) is 53.8. The quantitative estimate of drug-likeness (QED) is 0.0272. The highest BCUT2D eigenvalue weighted by atomic mass is 16.8. The first-order chi connectivity index (χ1) is 71.1. The van der Waals surface area contributed by atoms with Gasteiger partial charge in [0, 0.05) is 13.8 Å². The second-order valence-corrected chi connectivity index (χ2v) is 38.0. The van der Waals surface area contributed by atoms with E-state index in [9.17, 15) is 209 Å². The Bertz CT molecular complexity index is 4070. The van der Waals surface area contributed by atoms with Gasteiger partial charge in [0.2, 0.25) is 11.8 Å². The molecule has 150 heavy (non-hydrogen) atoms. The Morgan fingerprint density at radius 2 is 0.360 bits per heavy atom. The standard InChI is InChI=1S/C82H138N2O66/c1-16(95)83-31-44(108)61(26(11-93)129-70(31)125)142-71-32(84-17(2)96)45(109)62(27(12-94)138-71)143-79-60(124)66(43(107)30(140-79)15-128-74-57(121)65(144-75-55(119)48(112)35(99)20(5-87)132-75)42(106)29(139-74)14-127-73-54(118)47(111)34(98)19(4-86)131-73)147-82-69(52(116)39(103)28(141-82)13-126-72-53(117)46(110)33(97)18(3-85)130-72)150-81-68(51(115)38(102)23(8-90)137-81)149-78-58(122)63(40(104)24(9-91)135-78)145-77-59(123)64(41(105)25(10-92)134-77)146-80-67(50(114)37(101)22(7-89)136-80)148-76-56(120)49(113)36(100)21(6-88)133-76/h18-82,85-94,97-125H,3-15H2,1-2H3,(H,83,95)(H,84,96)/t18-,19-,20-,21-,22-,23-,24-,25-,26-,27-,28-,29-,30-,31-,32-,33-,34-,35-,36-,37-,38-,39-,40-,41-,42-,43-,44-,45-,46+,47+,48+,49+,50+,51+,52+,53+,54+,55+,56-,57+,58+,59-,60+,61-,62-,63+,64+,65+,66+,67-,68+,69+,70?,71+,72+,73+,74+,75-,76-,77-,78-,79+,80-,81-,82-/m1/s1. The van der Waals surface area contributed by atoms with Crippen LogP contribution in [0.2, 0.25) is 0 Å². The van der Waals surface area contributed by atoms with Crippen molar-refractivity contribution in [3.63, 3.8) is 0 Å². The van der Waals surface area contributed by atoms with Crippen molar-refractivity contribution in [2.75, 3.05) is 85.9 Å². The van der Waals surface area contributed by atoms with Gasteiger partial charge >= 0.3 is 0 Å². The molecule has 1 unspecified atom stereocenters. The van der Waals surface area contributed by atoms with E-state index < -0.39 is 497 Å². The van der Waals surface area contributed by atoms with Gasteiger partial charge in [-0.05, 0) is 0 Å². The van der Waals surface area contributed by atoms with Gasteiger partial charge in [-0.15, -0.1) is 0 Å². The number of carbonyl (C=O) groups is 2. The molecule has 0 aromatic rings. The molecule has 13 aliphatic heterocycles. The minimum Gasteiger partial charge on any atom is -0.394 e. The number of rotatable bonds is 39. The third kappa shape index (κ3) is 26.4. The first kappa shape index (κ1) is 123. The Morgan fingerprint density at radius 1 is 0.173 bits per heavy atom. The average molecular weight is 2210 g/mol. The van der Waals surface area contributed by atoms with Crippen LogP contribution in [0.4, 0.5) is 0 Å². The summed E-state index contributed by atoms with van der Waals surface area (Å²) in [6, 6.07) is -3.81. The molecule has 65 atom stereocenters. The Balaban J connectivity index is 0.842. The van der Waals surface area contributed by atoms with Crippen LogP contribution in [-0.2, 0) is 128 Å². The summed E-state index contributed by atoms with van der Waals surface area (Å²) >= 11 is 0.